The zero-order valence-corrected chi connectivity index (χ0v) is 15.4. The number of aromatic nitrogens is 3. The Labute approximate surface area is 154 Å². The van der Waals surface area contributed by atoms with Gasteiger partial charge in [-0.2, -0.15) is 0 Å². The van der Waals surface area contributed by atoms with E-state index in [1.54, 1.807) is 0 Å². The maximum atomic E-state index is 5.05. The lowest BCUT2D eigenvalue weighted by atomic mass is 9.86. The van der Waals surface area contributed by atoms with Crippen LogP contribution in [0.15, 0.2) is 59.2 Å². The monoisotopic (exact) mass is 389 g/mol. The molecule has 0 aliphatic heterocycles. The minimum absolute atomic E-state index is 0.432. The zero-order valence-electron chi connectivity index (χ0n) is 13.8. The Bertz CT molecular complexity index is 1160. The number of halogens is 1. The van der Waals surface area contributed by atoms with Crippen LogP contribution < -0.4 is 0 Å². The summed E-state index contributed by atoms with van der Waals surface area (Å²) in [5.41, 5.74) is 7.57. The van der Waals surface area contributed by atoms with Crippen LogP contribution in [0.2, 0.25) is 0 Å². The molecule has 4 aromatic rings. The molecule has 0 saturated heterocycles. The Kier molecular flexibility index (Phi) is 3.28. The number of nitrogens with zero attached hydrogens (tertiary/aromatic N) is 3. The van der Waals surface area contributed by atoms with E-state index in [2.05, 4.69) is 57.6 Å². The van der Waals surface area contributed by atoms with Gasteiger partial charge in [0.05, 0.1) is 5.69 Å². The highest BCUT2D eigenvalue weighted by Crippen LogP contribution is 2.39. The molecule has 0 bridgehead atoms. The number of allylic oxidation sites excluding steroid dienone is 1. The van der Waals surface area contributed by atoms with E-state index in [0.717, 1.165) is 39.0 Å². The van der Waals surface area contributed by atoms with Crippen LogP contribution in [-0.4, -0.2) is 14.4 Å². The summed E-state index contributed by atoms with van der Waals surface area (Å²) >= 11 is 3.59. The van der Waals surface area contributed by atoms with Crippen molar-refractivity contribution in [2.45, 2.75) is 19.3 Å². The van der Waals surface area contributed by atoms with Crippen molar-refractivity contribution in [1.29, 1.82) is 0 Å². The van der Waals surface area contributed by atoms with E-state index in [9.17, 15) is 0 Å². The molecule has 0 saturated carbocycles. The van der Waals surface area contributed by atoms with Gasteiger partial charge in [0.25, 0.3) is 0 Å². The van der Waals surface area contributed by atoms with Crippen LogP contribution in [0, 0.1) is 0 Å². The van der Waals surface area contributed by atoms with Crippen molar-refractivity contribution >= 4 is 38.8 Å². The molecule has 0 N–H and O–H groups in total. The molecule has 5 rings (SSSR count). The van der Waals surface area contributed by atoms with Gasteiger partial charge in [0.1, 0.15) is 11.2 Å². The largest absolute Gasteiger partial charge is 0.284 e. The third-order valence-electron chi connectivity index (χ3n) is 4.89. The number of imidazole rings is 1. The van der Waals surface area contributed by atoms with E-state index in [0.29, 0.717) is 5.92 Å². The van der Waals surface area contributed by atoms with Gasteiger partial charge in [-0.3, -0.25) is 4.40 Å². The molecule has 3 nitrogen and oxygen atoms in total. The fourth-order valence-corrected chi connectivity index (χ4v) is 4.12. The predicted octanol–water partition coefficient (Wildman–Crippen LogP) is 5.83. The molecule has 1 aromatic carbocycles. The molecule has 0 fully saturated rings. The molecule has 0 radical (unpaired) electrons. The lowest BCUT2D eigenvalue weighted by Gasteiger charge is -2.20. The Morgan fingerprint density at radius 2 is 2.04 bits per heavy atom. The van der Waals surface area contributed by atoms with Gasteiger partial charge in [-0.05, 0) is 42.2 Å². The molecule has 1 atom stereocenters. The molecule has 1 aliphatic carbocycles. The number of fused-ring (bicyclic) bond motifs is 5. The number of hydrogen-bond acceptors (Lipinski definition) is 2. The second kappa shape index (κ2) is 5.53. The Hall–Kier alpha value is -2.46. The smallest absolute Gasteiger partial charge is 0.165 e. The molecule has 0 spiro atoms. The first-order valence-corrected chi connectivity index (χ1v) is 9.25. The molecule has 1 aliphatic rings. The minimum Gasteiger partial charge on any atom is -0.284 e. The van der Waals surface area contributed by atoms with Gasteiger partial charge in [-0.1, -0.05) is 53.2 Å². The van der Waals surface area contributed by atoms with Crippen molar-refractivity contribution in [3.8, 4) is 11.3 Å². The molecule has 4 heteroatoms. The van der Waals surface area contributed by atoms with Gasteiger partial charge >= 0.3 is 0 Å². The molecule has 122 valence electrons. The van der Waals surface area contributed by atoms with E-state index < -0.39 is 0 Å². The summed E-state index contributed by atoms with van der Waals surface area (Å²) in [6, 6.07) is 14.4. The topological polar surface area (TPSA) is 30.2 Å². The van der Waals surface area contributed by atoms with Gasteiger partial charge in [0.2, 0.25) is 0 Å². The van der Waals surface area contributed by atoms with Gasteiger partial charge in [-0.25, -0.2) is 9.97 Å². The summed E-state index contributed by atoms with van der Waals surface area (Å²) in [5, 5.41) is 0. The third-order valence-corrected chi connectivity index (χ3v) is 5.38. The van der Waals surface area contributed by atoms with Crippen molar-refractivity contribution in [3.63, 3.8) is 0 Å². The first-order valence-electron chi connectivity index (χ1n) is 8.45. The lowest BCUT2D eigenvalue weighted by molar-refractivity contribution is 0.776. The van der Waals surface area contributed by atoms with Crippen molar-refractivity contribution in [3.05, 3.63) is 70.3 Å². The minimum atomic E-state index is 0.432. The maximum Gasteiger partial charge on any atom is 0.165 e. The molecule has 1 unspecified atom stereocenters. The third kappa shape index (κ3) is 2.24. The second-order valence-corrected chi connectivity index (χ2v) is 7.47. The van der Waals surface area contributed by atoms with E-state index in [1.165, 1.54) is 11.1 Å². The van der Waals surface area contributed by atoms with Gasteiger partial charge in [0, 0.05) is 21.8 Å². The van der Waals surface area contributed by atoms with E-state index >= 15 is 0 Å². The van der Waals surface area contributed by atoms with Crippen LogP contribution >= 0.6 is 15.9 Å². The Morgan fingerprint density at radius 3 is 2.92 bits per heavy atom. The Morgan fingerprint density at radius 1 is 1.12 bits per heavy atom. The molecular weight excluding hydrogens is 374 g/mol. The van der Waals surface area contributed by atoms with Crippen LogP contribution in [0.3, 0.4) is 0 Å². The van der Waals surface area contributed by atoms with Crippen molar-refractivity contribution in [2.75, 3.05) is 0 Å². The summed E-state index contributed by atoms with van der Waals surface area (Å²) in [5.74, 6) is 0.432. The van der Waals surface area contributed by atoms with E-state index in [1.807, 2.05) is 30.5 Å². The number of hydrogen-bond donors (Lipinski definition) is 0. The van der Waals surface area contributed by atoms with Gasteiger partial charge in [-0.15, -0.1) is 0 Å². The summed E-state index contributed by atoms with van der Waals surface area (Å²) in [7, 11) is 0. The quantitative estimate of drug-likeness (QED) is 0.409. The average Bonchev–Trinajstić information content (AvgIpc) is 2.99. The first-order chi connectivity index (χ1) is 12.2. The van der Waals surface area contributed by atoms with Gasteiger partial charge in [0.15, 0.2) is 5.65 Å². The SMILES string of the molecule is CC1CC=Cc2c(-c3cccc(Br)c3)nc3c(nc4ccccn43)c21. The highest BCUT2D eigenvalue weighted by molar-refractivity contribution is 9.10. The van der Waals surface area contributed by atoms with Crippen molar-refractivity contribution < 1.29 is 0 Å². The summed E-state index contributed by atoms with van der Waals surface area (Å²) in [6.07, 6.45) is 7.54. The molecule has 0 amide bonds. The van der Waals surface area contributed by atoms with Crippen molar-refractivity contribution in [2.24, 2.45) is 0 Å². The highest BCUT2D eigenvalue weighted by atomic mass is 79.9. The van der Waals surface area contributed by atoms with E-state index in [4.69, 9.17) is 9.97 Å². The normalized spacial score (nSPS) is 16.5. The average molecular weight is 390 g/mol. The second-order valence-electron chi connectivity index (χ2n) is 6.55. The number of benzene rings is 1. The molecule has 25 heavy (non-hydrogen) atoms. The number of rotatable bonds is 1. The Balaban J connectivity index is 1.95. The summed E-state index contributed by atoms with van der Waals surface area (Å²) in [4.78, 5) is 9.94. The van der Waals surface area contributed by atoms with E-state index in [-0.39, 0.29) is 0 Å². The first kappa shape index (κ1) is 14.8. The van der Waals surface area contributed by atoms with Crippen LogP contribution in [0.5, 0.6) is 0 Å². The predicted molar refractivity (Wildman–Crippen MR) is 106 cm³/mol. The molecule has 3 aromatic heterocycles. The highest BCUT2D eigenvalue weighted by Gasteiger charge is 2.24. The zero-order chi connectivity index (χ0) is 17.0. The lowest BCUT2D eigenvalue weighted by Crippen LogP contribution is -2.05. The van der Waals surface area contributed by atoms with Crippen LogP contribution in [0.4, 0.5) is 0 Å². The van der Waals surface area contributed by atoms with Crippen LogP contribution in [0.1, 0.15) is 30.4 Å². The number of pyridine rings is 2. The van der Waals surface area contributed by atoms with Gasteiger partial charge < -0.3 is 0 Å². The van der Waals surface area contributed by atoms with Crippen molar-refractivity contribution in [1.82, 2.24) is 14.4 Å². The maximum absolute atomic E-state index is 5.05. The van der Waals surface area contributed by atoms with Crippen LogP contribution in [0.25, 0.3) is 34.1 Å². The standard InChI is InChI=1S/C21H16BrN3/c1-13-6-4-9-16-18(13)20-21(25-11-3-2-10-17(25)23-20)24-19(16)14-7-5-8-15(22)12-14/h2-5,7-13H,6H2,1H3. The molecule has 3 heterocycles. The fourth-order valence-electron chi connectivity index (χ4n) is 3.72. The summed E-state index contributed by atoms with van der Waals surface area (Å²) < 4.78 is 3.15. The molecular formula is C21H16BrN3. The summed E-state index contributed by atoms with van der Waals surface area (Å²) in [6.45, 7) is 2.27. The fraction of sp³-hybridized carbons (Fsp3) is 0.143. The van der Waals surface area contributed by atoms with Crippen LogP contribution in [-0.2, 0) is 0 Å².